The molecule has 1 aliphatic heterocycles. The summed E-state index contributed by atoms with van der Waals surface area (Å²) in [5, 5.41) is 0.721. The van der Waals surface area contributed by atoms with Gasteiger partial charge in [0.05, 0.1) is 17.3 Å². The summed E-state index contributed by atoms with van der Waals surface area (Å²) in [4.78, 5) is 18.2. The Kier molecular flexibility index (Phi) is 4.37. The molecule has 0 atom stereocenters. The van der Waals surface area contributed by atoms with E-state index in [0.717, 1.165) is 42.5 Å². The number of piperazine rings is 1. The van der Waals surface area contributed by atoms with Crippen molar-refractivity contribution in [2.45, 2.75) is 6.54 Å². The van der Waals surface area contributed by atoms with Crippen molar-refractivity contribution < 1.29 is 4.79 Å². The first-order chi connectivity index (χ1) is 8.70. The number of rotatable bonds is 3. The molecule has 0 amide bonds. The summed E-state index contributed by atoms with van der Waals surface area (Å²) in [6.45, 7) is 4.41. The molecule has 0 aromatic heterocycles. The predicted molar refractivity (Wildman–Crippen MR) is 73.0 cm³/mol. The number of hydrogen-bond donors (Lipinski definition) is 0. The van der Waals surface area contributed by atoms with Crippen LogP contribution >= 0.6 is 11.6 Å². The van der Waals surface area contributed by atoms with E-state index in [1.54, 1.807) is 0 Å². The lowest BCUT2D eigenvalue weighted by Crippen LogP contribution is -2.44. The number of aliphatic imine (C=N–C) groups is 1. The Morgan fingerprint density at radius 2 is 2.06 bits per heavy atom. The van der Waals surface area contributed by atoms with Crippen LogP contribution in [0.1, 0.15) is 5.56 Å². The Morgan fingerprint density at radius 3 is 2.67 bits per heavy atom. The molecule has 1 fully saturated rings. The maximum Gasteiger partial charge on any atom is 0.235 e. The maximum absolute atomic E-state index is 10.1. The quantitative estimate of drug-likeness (QED) is 0.619. The summed E-state index contributed by atoms with van der Waals surface area (Å²) in [5.41, 5.74) is 1.99. The van der Waals surface area contributed by atoms with Crippen molar-refractivity contribution in [2.75, 3.05) is 38.1 Å². The first-order valence-corrected chi connectivity index (χ1v) is 6.34. The minimum atomic E-state index is 0.340. The van der Waals surface area contributed by atoms with Gasteiger partial charge in [-0.25, -0.2) is 9.79 Å². The molecule has 1 aromatic rings. The van der Waals surface area contributed by atoms with Gasteiger partial charge in [-0.15, -0.1) is 0 Å². The second-order valence-electron chi connectivity index (χ2n) is 4.48. The van der Waals surface area contributed by atoms with E-state index in [2.05, 4.69) is 21.8 Å². The summed E-state index contributed by atoms with van der Waals surface area (Å²) >= 11 is 6.28. The summed E-state index contributed by atoms with van der Waals surface area (Å²) < 4.78 is 0. The average Bonchev–Trinajstić information content (AvgIpc) is 2.38. The minimum Gasteiger partial charge on any atom is -0.368 e. The monoisotopic (exact) mass is 265 g/mol. The Hall–Kier alpha value is -1.35. The van der Waals surface area contributed by atoms with Gasteiger partial charge in [0.1, 0.15) is 0 Å². The molecule has 0 aliphatic carbocycles. The highest BCUT2D eigenvalue weighted by atomic mass is 35.5. The zero-order valence-corrected chi connectivity index (χ0v) is 11.2. The van der Waals surface area contributed by atoms with Gasteiger partial charge in [-0.1, -0.05) is 17.7 Å². The smallest absolute Gasteiger partial charge is 0.235 e. The molecule has 0 N–H and O–H groups in total. The zero-order chi connectivity index (χ0) is 13.0. The lowest BCUT2D eigenvalue weighted by atomic mass is 10.2. The van der Waals surface area contributed by atoms with E-state index in [1.165, 1.54) is 6.08 Å². The Bertz CT molecular complexity index is 463. The highest BCUT2D eigenvalue weighted by molar-refractivity contribution is 6.33. The van der Waals surface area contributed by atoms with Crippen LogP contribution in [0, 0.1) is 0 Å². The lowest BCUT2D eigenvalue weighted by Gasteiger charge is -2.34. The molecule has 0 radical (unpaired) electrons. The van der Waals surface area contributed by atoms with Gasteiger partial charge in [-0.3, -0.25) is 0 Å². The SMILES string of the molecule is CN1CCN(c2ccc(CN=C=O)cc2Cl)CC1. The van der Waals surface area contributed by atoms with Crippen LogP contribution in [0.5, 0.6) is 0 Å². The number of isocyanates is 1. The topological polar surface area (TPSA) is 35.9 Å². The standard InChI is InChI=1S/C13H16ClN3O/c1-16-4-6-17(7-5-16)13-3-2-11(8-12(13)14)9-15-10-18/h2-3,8H,4-7,9H2,1H3. The summed E-state index contributed by atoms with van der Waals surface area (Å²) in [6.07, 6.45) is 1.53. The van der Waals surface area contributed by atoms with Crippen LogP contribution in [0.15, 0.2) is 23.2 Å². The molecule has 2 rings (SSSR count). The van der Waals surface area contributed by atoms with Crippen LogP contribution in [0.2, 0.25) is 5.02 Å². The lowest BCUT2D eigenvalue weighted by molar-refractivity contribution is 0.313. The van der Waals surface area contributed by atoms with Crippen LogP contribution in [-0.4, -0.2) is 44.2 Å². The van der Waals surface area contributed by atoms with E-state index >= 15 is 0 Å². The Balaban J connectivity index is 2.11. The van der Waals surface area contributed by atoms with Crippen molar-refractivity contribution in [2.24, 2.45) is 4.99 Å². The third-order valence-corrected chi connectivity index (χ3v) is 3.48. The molecule has 96 valence electrons. The molecular weight excluding hydrogens is 250 g/mol. The molecule has 1 saturated heterocycles. The molecule has 0 bridgehead atoms. The van der Waals surface area contributed by atoms with Crippen LogP contribution in [0.25, 0.3) is 0 Å². The fraction of sp³-hybridized carbons (Fsp3) is 0.462. The van der Waals surface area contributed by atoms with Gasteiger partial charge in [0, 0.05) is 26.2 Å². The van der Waals surface area contributed by atoms with Crippen LogP contribution in [0.3, 0.4) is 0 Å². The molecule has 5 heteroatoms. The number of likely N-dealkylation sites (N-methyl/N-ethyl adjacent to an activating group) is 1. The molecule has 1 heterocycles. The molecule has 4 nitrogen and oxygen atoms in total. The van der Waals surface area contributed by atoms with Gasteiger partial charge >= 0.3 is 0 Å². The van der Waals surface area contributed by atoms with Crippen molar-refractivity contribution in [3.05, 3.63) is 28.8 Å². The second kappa shape index (κ2) is 6.01. The Morgan fingerprint density at radius 1 is 1.33 bits per heavy atom. The maximum atomic E-state index is 10.1. The van der Waals surface area contributed by atoms with Crippen LogP contribution < -0.4 is 4.90 Å². The number of hydrogen-bond acceptors (Lipinski definition) is 4. The van der Waals surface area contributed by atoms with Gasteiger partial charge in [0.15, 0.2) is 0 Å². The van der Waals surface area contributed by atoms with Crippen molar-refractivity contribution in [1.82, 2.24) is 4.90 Å². The third kappa shape index (κ3) is 3.10. The molecule has 0 unspecified atom stereocenters. The van der Waals surface area contributed by atoms with E-state index in [4.69, 9.17) is 11.6 Å². The normalized spacial score (nSPS) is 16.4. The highest BCUT2D eigenvalue weighted by Gasteiger charge is 2.16. The van der Waals surface area contributed by atoms with Gasteiger partial charge in [0.25, 0.3) is 0 Å². The van der Waals surface area contributed by atoms with E-state index in [0.29, 0.717) is 6.54 Å². The largest absolute Gasteiger partial charge is 0.368 e. The molecular formula is C13H16ClN3O. The van der Waals surface area contributed by atoms with Crippen molar-refractivity contribution in [3.8, 4) is 0 Å². The van der Waals surface area contributed by atoms with Crippen molar-refractivity contribution in [1.29, 1.82) is 0 Å². The first-order valence-electron chi connectivity index (χ1n) is 5.96. The fourth-order valence-corrected chi connectivity index (χ4v) is 2.40. The fourth-order valence-electron chi connectivity index (χ4n) is 2.08. The number of halogens is 1. The molecule has 0 saturated carbocycles. The predicted octanol–water partition coefficient (Wildman–Crippen LogP) is 1.93. The molecule has 0 spiro atoms. The van der Waals surface area contributed by atoms with E-state index in [-0.39, 0.29) is 0 Å². The van der Waals surface area contributed by atoms with Gasteiger partial charge in [-0.05, 0) is 24.7 Å². The first kappa shape index (κ1) is 13.1. The average molecular weight is 266 g/mol. The summed E-state index contributed by atoms with van der Waals surface area (Å²) in [7, 11) is 2.12. The van der Waals surface area contributed by atoms with Gasteiger partial charge in [0.2, 0.25) is 6.08 Å². The number of nitrogens with zero attached hydrogens (tertiary/aromatic N) is 3. The van der Waals surface area contributed by atoms with E-state index < -0.39 is 0 Å². The van der Waals surface area contributed by atoms with E-state index in [1.807, 2.05) is 18.2 Å². The minimum absolute atomic E-state index is 0.340. The van der Waals surface area contributed by atoms with Crippen molar-refractivity contribution in [3.63, 3.8) is 0 Å². The molecule has 1 aliphatic rings. The van der Waals surface area contributed by atoms with E-state index in [9.17, 15) is 4.79 Å². The Labute approximate surface area is 112 Å². The number of anilines is 1. The zero-order valence-electron chi connectivity index (χ0n) is 10.4. The summed E-state index contributed by atoms with van der Waals surface area (Å²) in [5.74, 6) is 0. The van der Waals surface area contributed by atoms with Gasteiger partial charge < -0.3 is 9.80 Å². The molecule has 18 heavy (non-hydrogen) atoms. The highest BCUT2D eigenvalue weighted by Crippen LogP contribution is 2.27. The summed E-state index contributed by atoms with van der Waals surface area (Å²) in [6, 6.07) is 5.83. The van der Waals surface area contributed by atoms with Crippen molar-refractivity contribution >= 4 is 23.4 Å². The van der Waals surface area contributed by atoms with Crippen LogP contribution in [0.4, 0.5) is 5.69 Å². The number of carbonyl (C=O) groups excluding carboxylic acids is 1. The molecule has 1 aromatic carbocycles. The van der Waals surface area contributed by atoms with Gasteiger partial charge in [-0.2, -0.15) is 0 Å². The number of benzene rings is 1. The third-order valence-electron chi connectivity index (χ3n) is 3.18. The second-order valence-corrected chi connectivity index (χ2v) is 4.89. The van der Waals surface area contributed by atoms with Crippen LogP contribution in [-0.2, 0) is 11.3 Å².